The summed E-state index contributed by atoms with van der Waals surface area (Å²) in [7, 11) is 1.89. The molecule has 2 amide bonds. The molecule has 14 heavy (non-hydrogen) atoms. The number of hydrogen-bond acceptors (Lipinski definition) is 2. The van der Waals surface area contributed by atoms with Gasteiger partial charge in [-0.15, -0.1) is 0 Å². The Hall–Kier alpha value is -0.770. The number of urea groups is 1. The van der Waals surface area contributed by atoms with Gasteiger partial charge in [0.2, 0.25) is 0 Å². The Morgan fingerprint density at radius 3 is 2.21 bits per heavy atom. The predicted octanol–water partition coefficient (Wildman–Crippen LogP) is 1.03. The van der Waals surface area contributed by atoms with Crippen LogP contribution in [0.2, 0.25) is 0 Å². The Labute approximate surface area is 87.0 Å². The fourth-order valence-electron chi connectivity index (χ4n) is 1.16. The largest absolute Gasteiger partial charge is 0.336 e. The van der Waals surface area contributed by atoms with Crippen LogP contribution in [0.4, 0.5) is 4.79 Å². The molecule has 84 valence electrons. The van der Waals surface area contributed by atoms with Crippen molar-refractivity contribution in [3.63, 3.8) is 0 Å². The fourth-order valence-corrected chi connectivity index (χ4v) is 1.16. The lowest BCUT2D eigenvalue weighted by Crippen LogP contribution is -2.48. The molecule has 0 heterocycles. The van der Waals surface area contributed by atoms with Crippen LogP contribution >= 0.6 is 0 Å². The third kappa shape index (κ3) is 5.07. The molecule has 0 fully saturated rings. The highest BCUT2D eigenvalue weighted by Gasteiger charge is 2.16. The van der Waals surface area contributed by atoms with E-state index in [9.17, 15) is 4.79 Å². The van der Waals surface area contributed by atoms with Crippen LogP contribution in [0.15, 0.2) is 0 Å². The highest BCUT2D eigenvalue weighted by atomic mass is 16.2. The minimum atomic E-state index is 0.0188. The van der Waals surface area contributed by atoms with Gasteiger partial charge in [0.05, 0.1) is 0 Å². The molecule has 0 rings (SSSR count). The van der Waals surface area contributed by atoms with Crippen LogP contribution in [0.1, 0.15) is 27.7 Å². The van der Waals surface area contributed by atoms with Crippen molar-refractivity contribution in [3.05, 3.63) is 0 Å². The van der Waals surface area contributed by atoms with Gasteiger partial charge in [-0.2, -0.15) is 0 Å². The number of nitrogens with zero attached hydrogens (tertiary/aromatic N) is 1. The molecule has 0 bridgehead atoms. The van der Waals surface area contributed by atoms with Crippen LogP contribution in [0.3, 0.4) is 0 Å². The van der Waals surface area contributed by atoms with Crippen molar-refractivity contribution in [1.29, 1.82) is 0 Å². The van der Waals surface area contributed by atoms with E-state index in [1.54, 1.807) is 0 Å². The first-order chi connectivity index (χ1) is 6.49. The standard InChI is InChI=1S/C10H23N3O/c1-8(2)12-10(14)13(9(3)4)7-6-11-5/h8-9,11H,6-7H2,1-5H3,(H,12,14). The minimum absolute atomic E-state index is 0.0188. The van der Waals surface area contributed by atoms with Crippen molar-refractivity contribution in [2.75, 3.05) is 20.1 Å². The summed E-state index contributed by atoms with van der Waals surface area (Å²) in [5.41, 5.74) is 0. The van der Waals surface area contributed by atoms with E-state index < -0.39 is 0 Å². The van der Waals surface area contributed by atoms with Gasteiger partial charge in [-0.1, -0.05) is 0 Å². The summed E-state index contributed by atoms with van der Waals surface area (Å²) in [4.78, 5) is 13.5. The number of nitrogens with one attached hydrogen (secondary N) is 2. The summed E-state index contributed by atoms with van der Waals surface area (Å²) in [6.45, 7) is 9.55. The molecule has 4 heteroatoms. The van der Waals surface area contributed by atoms with E-state index in [-0.39, 0.29) is 18.1 Å². The Balaban J connectivity index is 4.11. The maximum absolute atomic E-state index is 11.7. The minimum Gasteiger partial charge on any atom is -0.336 e. The number of rotatable bonds is 5. The zero-order valence-corrected chi connectivity index (χ0v) is 9.92. The van der Waals surface area contributed by atoms with Crippen LogP contribution in [0.25, 0.3) is 0 Å². The highest BCUT2D eigenvalue weighted by molar-refractivity contribution is 5.74. The van der Waals surface area contributed by atoms with Crippen molar-refractivity contribution < 1.29 is 4.79 Å². The number of hydrogen-bond donors (Lipinski definition) is 2. The molecule has 0 atom stereocenters. The Bertz CT molecular complexity index is 169. The number of carbonyl (C=O) groups is 1. The molecule has 0 aliphatic heterocycles. The molecule has 0 aliphatic carbocycles. The average molecular weight is 201 g/mol. The topological polar surface area (TPSA) is 44.4 Å². The molecule has 0 aromatic carbocycles. The van der Waals surface area contributed by atoms with E-state index in [0.717, 1.165) is 13.1 Å². The number of likely N-dealkylation sites (N-methyl/N-ethyl adjacent to an activating group) is 1. The van der Waals surface area contributed by atoms with E-state index in [2.05, 4.69) is 10.6 Å². The Morgan fingerprint density at radius 1 is 1.29 bits per heavy atom. The van der Waals surface area contributed by atoms with Gasteiger partial charge in [-0.05, 0) is 34.7 Å². The lowest BCUT2D eigenvalue weighted by Gasteiger charge is -2.27. The number of carbonyl (C=O) groups excluding carboxylic acids is 1. The molecule has 0 aliphatic rings. The normalized spacial score (nSPS) is 10.8. The highest BCUT2D eigenvalue weighted by Crippen LogP contribution is 1.98. The lowest BCUT2D eigenvalue weighted by atomic mass is 10.3. The molecule has 0 radical (unpaired) electrons. The van der Waals surface area contributed by atoms with Crippen molar-refractivity contribution in [1.82, 2.24) is 15.5 Å². The van der Waals surface area contributed by atoms with E-state index >= 15 is 0 Å². The van der Waals surface area contributed by atoms with Crippen molar-refractivity contribution in [2.24, 2.45) is 0 Å². The first kappa shape index (κ1) is 13.2. The maximum atomic E-state index is 11.7. The lowest BCUT2D eigenvalue weighted by molar-refractivity contribution is 0.181. The SMILES string of the molecule is CNCCN(C(=O)NC(C)C)C(C)C. The monoisotopic (exact) mass is 201 g/mol. The summed E-state index contributed by atoms with van der Waals surface area (Å²) in [5, 5.41) is 5.93. The first-order valence-electron chi connectivity index (χ1n) is 5.20. The van der Waals surface area contributed by atoms with E-state index in [0.29, 0.717) is 0 Å². The zero-order valence-electron chi connectivity index (χ0n) is 9.92. The molecule has 4 nitrogen and oxygen atoms in total. The van der Waals surface area contributed by atoms with Crippen molar-refractivity contribution in [3.8, 4) is 0 Å². The maximum Gasteiger partial charge on any atom is 0.317 e. The Kier molecular flexibility index (Phi) is 6.28. The summed E-state index contributed by atoms with van der Waals surface area (Å²) in [6, 6.07) is 0.450. The summed E-state index contributed by atoms with van der Waals surface area (Å²) in [6.07, 6.45) is 0. The summed E-state index contributed by atoms with van der Waals surface area (Å²) < 4.78 is 0. The molecule has 2 N–H and O–H groups in total. The van der Waals surface area contributed by atoms with Gasteiger partial charge in [-0.3, -0.25) is 0 Å². The first-order valence-corrected chi connectivity index (χ1v) is 5.20. The molecule has 0 aromatic heterocycles. The van der Waals surface area contributed by atoms with Gasteiger partial charge in [0.1, 0.15) is 0 Å². The quantitative estimate of drug-likeness (QED) is 0.698. The van der Waals surface area contributed by atoms with Crippen molar-refractivity contribution >= 4 is 6.03 Å². The number of amides is 2. The second-order valence-electron chi connectivity index (χ2n) is 3.99. The molecular formula is C10H23N3O. The van der Waals surface area contributed by atoms with Gasteiger partial charge in [0.15, 0.2) is 0 Å². The van der Waals surface area contributed by atoms with Gasteiger partial charge < -0.3 is 15.5 Å². The molecular weight excluding hydrogens is 178 g/mol. The van der Waals surface area contributed by atoms with Crippen molar-refractivity contribution in [2.45, 2.75) is 39.8 Å². The third-order valence-electron chi connectivity index (χ3n) is 1.90. The smallest absolute Gasteiger partial charge is 0.317 e. The Morgan fingerprint density at radius 2 is 1.86 bits per heavy atom. The molecule has 0 saturated heterocycles. The molecule has 0 aromatic rings. The average Bonchev–Trinajstić information content (AvgIpc) is 2.02. The van der Waals surface area contributed by atoms with Crippen LogP contribution < -0.4 is 10.6 Å². The summed E-state index contributed by atoms with van der Waals surface area (Å²) >= 11 is 0. The second kappa shape index (κ2) is 6.65. The predicted molar refractivity (Wildman–Crippen MR) is 59.4 cm³/mol. The fraction of sp³-hybridized carbons (Fsp3) is 0.900. The van der Waals surface area contributed by atoms with Gasteiger partial charge in [-0.25, -0.2) is 4.79 Å². The van der Waals surface area contributed by atoms with Crippen LogP contribution in [0.5, 0.6) is 0 Å². The molecule has 0 unspecified atom stereocenters. The van der Waals surface area contributed by atoms with E-state index in [4.69, 9.17) is 0 Å². The van der Waals surface area contributed by atoms with E-state index in [1.807, 2.05) is 39.6 Å². The van der Waals surface area contributed by atoms with Crippen LogP contribution in [-0.2, 0) is 0 Å². The second-order valence-corrected chi connectivity index (χ2v) is 3.99. The van der Waals surface area contributed by atoms with Gasteiger partial charge in [0.25, 0.3) is 0 Å². The van der Waals surface area contributed by atoms with Gasteiger partial charge in [0, 0.05) is 25.2 Å². The zero-order chi connectivity index (χ0) is 11.1. The van der Waals surface area contributed by atoms with E-state index in [1.165, 1.54) is 0 Å². The van der Waals surface area contributed by atoms with Crippen LogP contribution in [0, 0.1) is 0 Å². The third-order valence-corrected chi connectivity index (χ3v) is 1.90. The molecule has 0 saturated carbocycles. The van der Waals surface area contributed by atoms with Crippen LogP contribution in [-0.4, -0.2) is 43.2 Å². The molecule has 0 spiro atoms. The van der Waals surface area contributed by atoms with Gasteiger partial charge >= 0.3 is 6.03 Å². The summed E-state index contributed by atoms with van der Waals surface area (Å²) in [5.74, 6) is 0.